The SMILES string of the molecule is CCc1ccccc1O[C@@H](C)C(=O)NCCCOC(C)C. The molecule has 0 unspecified atom stereocenters. The van der Waals surface area contributed by atoms with Gasteiger partial charge >= 0.3 is 0 Å². The van der Waals surface area contributed by atoms with Gasteiger partial charge in [-0.15, -0.1) is 0 Å². The van der Waals surface area contributed by atoms with E-state index in [4.69, 9.17) is 9.47 Å². The van der Waals surface area contributed by atoms with Crippen molar-refractivity contribution < 1.29 is 14.3 Å². The Morgan fingerprint density at radius 2 is 1.95 bits per heavy atom. The molecule has 0 saturated heterocycles. The minimum atomic E-state index is -0.497. The van der Waals surface area contributed by atoms with Crippen molar-refractivity contribution >= 4 is 5.91 Å². The summed E-state index contributed by atoms with van der Waals surface area (Å²) in [6.45, 7) is 9.11. The minimum Gasteiger partial charge on any atom is -0.481 e. The molecule has 1 rings (SSSR count). The van der Waals surface area contributed by atoms with Gasteiger partial charge in [-0.05, 0) is 45.2 Å². The lowest BCUT2D eigenvalue weighted by Crippen LogP contribution is -2.37. The minimum absolute atomic E-state index is 0.0922. The molecule has 0 bridgehead atoms. The second kappa shape index (κ2) is 9.40. The molecule has 21 heavy (non-hydrogen) atoms. The number of aryl methyl sites for hydroxylation is 1. The number of carbonyl (C=O) groups excluding carboxylic acids is 1. The summed E-state index contributed by atoms with van der Waals surface area (Å²) in [6, 6.07) is 7.82. The van der Waals surface area contributed by atoms with E-state index in [0.29, 0.717) is 13.2 Å². The van der Waals surface area contributed by atoms with Gasteiger partial charge in [0.15, 0.2) is 6.10 Å². The van der Waals surface area contributed by atoms with Crippen LogP contribution in [0.25, 0.3) is 0 Å². The van der Waals surface area contributed by atoms with Crippen LogP contribution in [0, 0.1) is 0 Å². The number of hydrogen-bond acceptors (Lipinski definition) is 3. The first-order chi connectivity index (χ1) is 10.0. The van der Waals surface area contributed by atoms with Crippen LogP contribution in [0.1, 0.15) is 39.7 Å². The number of carbonyl (C=O) groups is 1. The molecule has 0 fully saturated rings. The topological polar surface area (TPSA) is 47.6 Å². The van der Waals surface area contributed by atoms with E-state index >= 15 is 0 Å². The van der Waals surface area contributed by atoms with Crippen LogP contribution < -0.4 is 10.1 Å². The Hall–Kier alpha value is -1.55. The van der Waals surface area contributed by atoms with Crippen LogP contribution in [0.2, 0.25) is 0 Å². The molecule has 0 aliphatic rings. The zero-order valence-electron chi connectivity index (χ0n) is 13.5. The van der Waals surface area contributed by atoms with Crippen molar-refractivity contribution in [2.24, 2.45) is 0 Å². The van der Waals surface area contributed by atoms with Gasteiger partial charge in [-0.3, -0.25) is 4.79 Å². The van der Waals surface area contributed by atoms with E-state index in [1.54, 1.807) is 6.92 Å². The quantitative estimate of drug-likeness (QED) is 0.712. The molecule has 1 aromatic rings. The third-order valence-corrected chi connectivity index (χ3v) is 3.10. The van der Waals surface area contributed by atoms with Crippen LogP contribution in [0.3, 0.4) is 0 Å². The van der Waals surface area contributed by atoms with E-state index in [1.807, 2.05) is 38.1 Å². The van der Waals surface area contributed by atoms with Gasteiger partial charge in [0.05, 0.1) is 6.10 Å². The van der Waals surface area contributed by atoms with Crippen LogP contribution >= 0.6 is 0 Å². The van der Waals surface area contributed by atoms with Crippen molar-refractivity contribution in [2.75, 3.05) is 13.2 Å². The number of ether oxygens (including phenoxy) is 2. The fourth-order valence-corrected chi connectivity index (χ4v) is 1.90. The molecular formula is C17H27NO3. The molecule has 1 amide bonds. The average molecular weight is 293 g/mol. The predicted octanol–water partition coefficient (Wildman–Crippen LogP) is 2.95. The number of benzene rings is 1. The highest BCUT2D eigenvalue weighted by molar-refractivity contribution is 5.80. The molecule has 1 N–H and O–H groups in total. The maximum Gasteiger partial charge on any atom is 0.260 e. The third-order valence-electron chi connectivity index (χ3n) is 3.10. The highest BCUT2D eigenvalue weighted by Gasteiger charge is 2.15. The van der Waals surface area contributed by atoms with Crippen molar-refractivity contribution in [2.45, 2.75) is 52.7 Å². The molecule has 0 saturated carbocycles. The second-order valence-corrected chi connectivity index (χ2v) is 5.29. The number of nitrogens with one attached hydrogen (secondary N) is 1. The summed E-state index contributed by atoms with van der Waals surface area (Å²) in [4.78, 5) is 12.0. The number of hydrogen-bond donors (Lipinski definition) is 1. The number of amides is 1. The second-order valence-electron chi connectivity index (χ2n) is 5.29. The Kier molecular flexibility index (Phi) is 7.83. The van der Waals surface area contributed by atoms with Gasteiger partial charge < -0.3 is 14.8 Å². The smallest absolute Gasteiger partial charge is 0.260 e. The molecular weight excluding hydrogens is 266 g/mol. The van der Waals surface area contributed by atoms with Crippen molar-refractivity contribution in [3.63, 3.8) is 0 Å². The highest BCUT2D eigenvalue weighted by atomic mass is 16.5. The van der Waals surface area contributed by atoms with Crippen molar-refractivity contribution in [3.05, 3.63) is 29.8 Å². The summed E-state index contributed by atoms with van der Waals surface area (Å²) in [5, 5.41) is 2.87. The number of para-hydroxylation sites is 1. The van der Waals surface area contributed by atoms with Gasteiger partial charge in [-0.25, -0.2) is 0 Å². The normalized spacial score (nSPS) is 12.2. The first-order valence-corrected chi connectivity index (χ1v) is 7.68. The maximum atomic E-state index is 12.0. The van der Waals surface area contributed by atoms with E-state index in [-0.39, 0.29) is 12.0 Å². The van der Waals surface area contributed by atoms with Gasteiger partial charge in [-0.1, -0.05) is 25.1 Å². The zero-order valence-corrected chi connectivity index (χ0v) is 13.5. The summed E-state index contributed by atoms with van der Waals surface area (Å²) < 4.78 is 11.2. The highest BCUT2D eigenvalue weighted by Crippen LogP contribution is 2.19. The molecule has 0 spiro atoms. The summed E-state index contributed by atoms with van der Waals surface area (Å²) in [6.07, 6.45) is 1.43. The van der Waals surface area contributed by atoms with Crippen LogP contribution in [0.15, 0.2) is 24.3 Å². The van der Waals surface area contributed by atoms with E-state index in [0.717, 1.165) is 24.2 Å². The monoisotopic (exact) mass is 293 g/mol. The Morgan fingerprint density at radius 3 is 2.62 bits per heavy atom. The molecule has 4 nitrogen and oxygen atoms in total. The van der Waals surface area contributed by atoms with Crippen molar-refractivity contribution in [1.29, 1.82) is 0 Å². The van der Waals surface area contributed by atoms with Gasteiger partial charge in [0, 0.05) is 13.2 Å². The standard InChI is InChI=1S/C17H27NO3/c1-5-15-9-6-7-10-16(15)21-14(4)17(19)18-11-8-12-20-13(2)3/h6-7,9-10,13-14H,5,8,11-12H2,1-4H3,(H,18,19)/t14-/m0/s1. The van der Waals surface area contributed by atoms with Gasteiger partial charge in [0.1, 0.15) is 5.75 Å². The van der Waals surface area contributed by atoms with Crippen molar-refractivity contribution in [1.82, 2.24) is 5.32 Å². The first kappa shape index (κ1) is 17.5. The molecule has 0 aliphatic heterocycles. The van der Waals surface area contributed by atoms with Crippen LogP contribution in [-0.2, 0) is 16.0 Å². The molecule has 0 aliphatic carbocycles. The summed E-state index contributed by atoms with van der Waals surface area (Å²) in [5.74, 6) is 0.691. The summed E-state index contributed by atoms with van der Waals surface area (Å²) >= 11 is 0. The Balaban J connectivity index is 2.34. The van der Waals surface area contributed by atoms with Gasteiger partial charge in [0.2, 0.25) is 0 Å². The molecule has 4 heteroatoms. The van der Waals surface area contributed by atoms with E-state index in [9.17, 15) is 4.79 Å². The lowest BCUT2D eigenvalue weighted by Gasteiger charge is -2.17. The van der Waals surface area contributed by atoms with Crippen LogP contribution in [-0.4, -0.2) is 31.3 Å². The van der Waals surface area contributed by atoms with E-state index in [1.165, 1.54) is 0 Å². The lowest BCUT2D eigenvalue weighted by molar-refractivity contribution is -0.127. The van der Waals surface area contributed by atoms with E-state index in [2.05, 4.69) is 12.2 Å². The molecule has 0 aromatic heterocycles. The molecule has 0 radical (unpaired) electrons. The molecule has 118 valence electrons. The fraction of sp³-hybridized carbons (Fsp3) is 0.588. The Bertz CT molecular complexity index is 432. The van der Waals surface area contributed by atoms with Gasteiger partial charge in [-0.2, -0.15) is 0 Å². The Morgan fingerprint density at radius 1 is 1.24 bits per heavy atom. The summed E-state index contributed by atoms with van der Waals surface area (Å²) in [5.41, 5.74) is 1.11. The largest absolute Gasteiger partial charge is 0.481 e. The summed E-state index contributed by atoms with van der Waals surface area (Å²) in [7, 11) is 0. The van der Waals surface area contributed by atoms with Crippen LogP contribution in [0.4, 0.5) is 0 Å². The molecule has 1 aromatic carbocycles. The Labute approximate surface area is 127 Å². The molecule has 1 atom stereocenters. The fourth-order valence-electron chi connectivity index (χ4n) is 1.90. The van der Waals surface area contributed by atoms with Gasteiger partial charge in [0.25, 0.3) is 5.91 Å². The van der Waals surface area contributed by atoms with Crippen molar-refractivity contribution in [3.8, 4) is 5.75 Å². The third kappa shape index (κ3) is 6.63. The maximum absolute atomic E-state index is 12.0. The van der Waals surface area contributed by atoms with E-state index < -0.39 is 6.10 Å². The molecule has 0 heterocycles. The van der Waals surface area contributed by atoms with Crippen LogP contribution in [0.5, 0.6) is 5.75 Å². The zero-order chi connectivity index (χ0) is 15.7. The lowest BCUT2D eigenvalue weighted by atomic mass is 10.1. The first-order valence-electron chi connectivity index (χ1n) is 7.68. The average Bonchev–Trinajstić information content (AvgIpc) is 2.46. The predicted molar refractivity (Wildman–Crippen MR) is 84.6 cm³/mol. The number of rotatable bonds is 9.